The van der Waals surface area contributed by atoms with E-state index < -0.39 is 0 Å². The monoisotopic (exact) mass is 221 g/mol. The minimum absolute atomic E-state index is 0.349. The molecule has 1 aliphatic rings. The molecule has 0 saturated heterocycles. The summed E-state index contributed by atoms with van der Waals surface area (Å²) in [7, 11) is 2.97. The third-order valence-electron chi connectivity index (χ3n) is 2.83. The molecule has 2 rings (SSSR count). The fourth-order valence-corrected chi connectivity index (χ4v) is 2.05. The average Bonchev–Trinajstić information content (AvgIpc) is 2.36. The standard InChI is InChI=1S/C12H15NO3/c1-15-11-9-5-6-13-7-8(9)3-4-10(11)12(14)16-2/h3-4,13H,5-7H2,1-2H3. The van der Waals surface area contributed by atoms with Gasteiger partial charge in [-0.2, -0.15) is 0 Å². The molecule has 0 spiro atoms. The molecular weight excluding hydrogens is 206 g/mol. The summed E-state index contributed by atoms with van der Waals surface area (Å²) in [6.07, 6.45) is 0.878. The highest BCUT2D eigenvalue weighted by molar-refractivity contribution is 5.93. The minimum atomic E-state index is -0.349. The van der Waals surface area contributed by atoms with Crippen LogP contribution in [0.1, 0.15) is 21.5 Å². The lowest BCUT2D eigenvalue weighted by Gasteiger charge is -2.21. The second-order valence-corrected chi connectivity index (χ2v) is 3.70. The first kappa shape index (κ1) is 11.0. The molecule has 4 heteroatoms. The van der Waals surface area contributed by atoms with Crippen molar-refractivity contribution in [3.63, 3.8) is 0 Å². The van der Waals surface area contributed by atoms with Gasteiger partial charge in [-0.05, 0) is 24.6 Å². The SMILES string of the molecule is COC(=O)c1ccc2c(c1OC)CCNC2. The Hall–Kier alpha value is -1.55. The first-order valence-electron chi connectivity index (χ1n) is 5.25. The molecule has 0 aliphatic carbocycles. The van der Waals surface area contributed by atoms with Crippen molar-refractivity contribution in [3.05, 3.63) is 28.8 Å². The Morgan fingerprint density at radius 1 is 1.38 bits per heavy atom. The second kappa shape index (κ2) is 4.53. The van der Waals surface area contributed by atoms with E-state index in [1.54, 1.807) is 13.2 Å². The van der Waals surface area contributed by atoms with Gasteiger partial charge in [0, 0.05) is 12.1 Å². The maximum absolute atomic E-state index is 11.6. The summed E-state index contributed by atoms with van der Waals surface area (Å²) in [5.41, 5.74) is 2.81. The summed E-state index contributed by atoms with van der Waals surface area (Å²) in [5.74, 6) is 0.309. The van der Waals surface area contributed by atoms with Crippen molar-refractivity contribution < 1.29 is 14.3 Å². The van der Waals surface area contributed by atoms with Gasteiger partial charge in [0.15, 0.2) is 0 Å². The normalized spacial score (nSPS) is 14.1. The largest absolute Gasteiger partial charge is 0.496 e. The van der Waals surface area contributed by atoms with Gasteiger partial charge in [0.1, 0.15) is 11.3 Å². The van der Waals surface area contributed by atoms with Crippen LogP contribution in [0.5, 0.6) is 5.75 Å². The van der Waals surface area contributed by atoms with Crippen LogP contribution >= 0.6 is 0 Å². The maximum Gasteiger partial charge on any atom is 0.341 e. The van der Waals surface area contributed by atoms with Crippen LogP contribution in [0.2, 0.25) is 0 Å². The molecule has 1 heterocycles. The Labute approximate surface area is 94.6 Å². The van der Waals surface area contributed by atoms with E-state index in [2.05, 4.69) is 5.32 Å². The number of ether oxygens (including phenoxy) is 2. The second-order valence-electron chi connectivity index (χ2n) is 3.70. The molecule has 86 valence electrons. The van der Waals surface area contributed by atoms with Crippen LogP contribution in [0.4, 0.5) is 0 Å². The van der Waals surface area contributed by atoms with Gasteiger partial charge in [-0.25, -0.2) is 4.79 Å². The van der Waals surface area contributed by atoms with Gasteiger partial charge >= 0.3 is 5.97 Å². The van der Waals surface area contributed by atoms with Gasteiger partial charge < -0.3 is 14.8 Å². The fourth-order valence-electron chi connectivity index (χ4n) is 2.05. The molecule has 1 aromatic carbocycles. The summed E-state index contributed by atoms with van der Waals surface area (Å²) in [6.45, 7) is 1.74. The molecule has 16 heavy (non-hydrogen) atoms. The molecule has 1 aliphatic heterocycles. The molecule has 0 unspecified atom stereocenters. The van der Waals surface area contributed by atoms with Crippen molar-refractivity contribution in [2.24, 2.45) is 0 Å². The number of rotatable bonds is 2. The van der Waals surface area contributed by atoms with Crippen LogP contribution in [0.25, 0.3) is 0 Å². The molecule has 0 fully saturated rings. The molecule has 1 aromatic rings. The van der Waals surface area contributed by atoms with Crippen molar-refractivity contribution in [1.29, 1.82) is 0 Å². The highest BCUT2D eigenvalue weighted by Gasteiger charge is 2.20. The predicted molar refractivity (Wildman–Crippen MR) is 59.7 cm³/mol. The van der Waals surface area contributed by atoms with Gasteiger partial charge in [-0.1, -0.05) is 6.07 Å². The fraction of sp³-hybridized carbons (Fsp3) is 0.417. The van der Waals surface area contributed by atoms with E-state index in [1.807, 2.05) is 6.07 Å². The van der Waals surface area contributed by atoms with Crippen molar-refractivity contribution in [2.45, 2.75) is 13.0 Å². The zero-order valence-electron chi connectivity index (χ0n) is 9.50. The molecule has 0 atom stereocenters. The smallest absolute Gasteiger partial charge is 0.341 e. The van der Waals surface area contributed by atoms with Crippen molar-refractivity contribution >= 4 is 5.97 Å². The zero-order chi connectivity index (χ0) is 11.5. The molecule has 0 radical (unpaired) electrons. The van der Waals surface area contributed by atoms with E-state index in [0.717, 1.165) is 25.1 Å². The van der Waals surface area contributed by atoms with Gasteiger partial charge in [-0.3, -0.25) is 0 Å². The van der Waals surface area contributed by atoms with E-state index in [0.29, 0.717) is 11.3 Å². The highest BCUT2D eigenvalue weighted by atomic mass is 16.5. The summed E-state index contributed by atoms with van der Waals surface area (Å²) in [6, 6.07) is 3.72. The van der Waals surface area contributed by atoms with E-state index in [9.17, 15) is 4.79 Å². The number of nitrogens with one attached hydrogen (secondary N) is 1. The molecule has 0 saturated carbocycles. The number of carbonyl (C=O) groups is 1. The Kier molecular flexibility index (Phi) is 3.10. The maximum atomic E-state index is 11.6. The van der Waals surface area contributed by atoms with Crippen LogP contribution in [0, 0.1) is 0 Å². The van der Waals surface area contributed by atoms with Crippen LogP contribution in [0.15, 0.2) is 12.1 Å². The Balaban J connectivity index is 2.51. The van der Waals surface area contributed by atoms with Crippen LogP contribution in [-0.4, -0.2) is 26.7 Å². The van der Waals surface area contributed by atoms with Crippen LogP contribution in [0.3, 0.4) is 0 Å². The number of esters is 1. The number of hydrogen-bond acceptors (Lipinski definition) is 4. The number of methoxy groups -OCH3 is 2. The zero-order valence-corrected chi connectivity index (χ0v) is 9.50. The molecule has 0 aromatic heterocycles. The number of carbonyl (C=O) groups excluding carboxylic acids is 1. The molecule has 1 N–H and O–H groups in total. The van der Waals surface area contributed by atoms with Gasteiger partial charge in [0.25, 0.3) is 0 Å². The van der Waals surface area contributed by atoms with Gasteiger partial charge in [0.2, 0.25) is 0 Å². The molecular formula is C12H15NO3. The molecule has 0 bridgehead atoms. The molecule has 4 nitrogen and oxygen atoms in total. The lowest BCUT2D eigenvalue weighted by molar-refractivity contribution is 0.0597. The third kappa shape index (κ3) is 1.76. The lowest BCUT2D eigenvalue weighted by atomic mass is 9.97. The average molecular weight is 221 g/mol. The van der Waals surface area contributed by atoms with Gasteiger partial charge in [-0.15, -0.1) is 0 Å². The van der Waals surface area contributed by atoms with Crippen molar-refractivity contribution in [1.82, 2.24) is 5.32 Å². The summed E-state index contributed by atoms with van der Waals surface area (Å²) in [5, 5.41) is 3.28. The van der Waals surface area contributed by atoms with Gasteiger partial charge in [0.05, 0.1) is 14.2 Å². The van der Waals surface area contributed by atoms with E-state index >= 15 is 0 Å². The minimum Gasteiger partial charge on any atom is -0.496 e. The van der Waals surface area contributed by atoms with Crippen molar-refractivity contribution in [2.75, 3.05) is 20.8 Å². The Morgan fingerprint density at radius 3 is 2.88 bits per heavy atom. The third-order valence-corrected chi connectivity index (χ3v) is 2.83. The Bertz CT molecular complexity index is 415. The van der Waals surface area contributed by atoms with Crippen LogP contribution < -0.4 is 10.1 Å². The summed E-state index contributed by atoms with van der Waals surface area (Å²) in [4.78, 5) is 11.6. The van der Waals surface area contributed by atoms with E-state index in [4.69, 9.17) is 9.47 Å². The predicted octanol–water partition coefficient (Wildman–Crippen LogP) is 1.13. The van der Waals surface area contributed by atoms with Crippen molar-refractivity contribution in [3.8, 4) is 5.75 Å². The lowest BCUT2D eigenvalue weighted by Crippen LogP contribution is -2.24. The highest BCUT2D eigenvalue weighted by Crippen LogP contribution is 2.29. The summed E-state index contributed by atoms with van der Waals surface area (Å²) >= 11 is 0. The quantitative estimate of drug-likeness (QED) is 0.760. The first-order valence-corrected chi connectivity index (χ1v) is 5.25. The number of benzene rings is 1. The van der Waals surface area contributed by atoms with Crippen LogP contribution in [-0.2, 0) is 17.7 Å². The topological polar surface area (TPSA) is 47.6 Å². The van der Waals surface area contributed by atoms with E-state index in [1.165, 1.54) is 12.7 Å². The number of hydrogen-bond donors (Lipinski definition) is 1. The van der Waals surface area contributed by atoms with E-state index in [-0.39, 0.29) is 5.97 Å². The Morgan fingerprint density at radius 2 is 2.19 bits per heavy atom. The molecule has 0 amide bonds. The summed E-state index contributed by atoms with van der Waals surface area (Å²) < 4.78 is 10.1. The first-order chi connectivity index (χ1) is 7.77. The number of fused-ring (bicyclic) bond motifs is 1.